The number of anilines is 1. The van der Waals surface area contributed by atoms with E-state index in [1.165, 1.54) is 26.4 Å². The number of sulfonamides is 1. The molecule has 3 aromatic carbocycles. The van der Waals surface area contributed by atoms with Gasteiger partial charge in [0.25, 0.3) is 10.0 Å². The number of methoxy groups -OCH3 is 2. The Bertz CT molecular complexity index is 1280. The molecular weight excluding hydrogens is 390 g/mol. The second-order valence-electron chi connectivity index (χ2n) is 6.28. The summed E-state index contributed by atoms with van der Waals surface area (Å²) in [5, 5.41) is 0. The van der Waals surface area contributed by atoms with Crippen LogP contribution in [-0.4, -0.2) is 32.2 Å². The number of hydrogen-bond acceptors (Lipinski definition) is 5. The molecule has 0 saturated carbocycles. The van der Waals surface area contributed by atoms with Crippen LogP contribution < -0.4 is 14.2 Å². The third kappa shape index (κ3) is 3.62. The molecule has 0 aliphatic heterocycles. The molecule has 0 radical (unpaired) electrons. The zero-order valence-corrected chi connectivity index (χ0v) is 16.7. The maximum absolute atomic E-state index is 12.9. The molecule has 0 spiro atoms. The molecule has 0 unspecified atom stereocenters. The molecule has 4 rings (SSSR count). The monoisotopic (exact) mass is 409 g/mol. The Morgan fingerprint density at radius 1 is 0.897 bits per heavy atom. The molecule has 8 heteroatoms. The van der Waals surface area contributed by atoms with E-state index in [0.717, 1.165) is 16.7 Å². The molecule has 0 atom stereocenters. The third-order valence-corrected chi connectivity index (χ3v) is 5.87. The van der Waals surface area contributed by atoms with E-state index in [2.05, 4.69) is 9.71 Å². The Labute approximate surface area is 168 Å². The predicted molar refractivity (Wildman–Crippen MR) is 111 cm³/mol. The highest BCUT2D eigenvalue weighted by Crippen LogP contribution is 2.30. The lowest BCUT2D eigenvalue weighted by molar-refractivity contribution is 0.354. The Hall–Kier alpha value is -3.52. The molecular formula is C21H19N3O4S. The molecule has 29 heavy (non-hydrogen) atoms. The summed E-state index contributed by atoms with van der Waals surface area (Å²) in [5.74, 6) is 0.800. The fourth-order valence-corrected chi connectivity index (χ4v) is 4.15. The van der Waals surface area contributed by atoms with Crippen LogP contribution in [0.3, 0.4) is 0 Å². The van der Waals surface area contributed by atoms with Crippen LogP contribution in [0.5, 0.6) is 11.5 Å². The second kappa shape index (κ2) is 7.48. The number of para-hydroxylation sites is 2. The van der Waals surface area contributed by atoms with Crippen molar-refractivity contribution in [2.45, 2.75) is 4.90 Å². The van der Waals surface area contributed by atoms with Crippen LogP contribution in [0, 0.1) is 0 Å². The van der Waals surface area contributed by atoms with Crippen molar-refractivity contribution in [2.24, 2.45) is 0 Å². The van der Waals surface area contributed by atoms with Crippen LogP contribution in [0.4, 0.5) is 5.69 Å². The Morgan fingerprint density at radius 2 is 1.69 bits per heavy atom. The van der Waals surface area contributed by atoms with Gasteiger partial charge >= 0.3 is 0 Å². The van der Waals surface area contributed by atoms with Crippen LogP contribution in [-0.2, 0) is 10.0 Å². The minimum Gasteiger partial charge on any atom is -0.493 e. The lowest BCUT2D eigenvalue weighted by Crippen LogP contribution is -2.13. The zero-order valence-electron chi connectivity index (χ0n) is 15.9. The van der Waals surface area contributed by atoms with Crippen molar-refractivity contribution >= 4 is 26.7 Å². The first kappa shape index (κ1) is 18.8. The normalized spacial score (nSPS) is 11.4. The SMILES string of the molecule is COc1ccc(S(=O)(=O)Nc2cccc(-n3cnc4ccccc43)c2)cc1OC. The quantitative estimate of drug-likeness (QED) is 0.523. The molecule has 0 saturated heterocycles. The van der Waals surface area contributed by atoms with E-state index in [9.17, 15) is 8.42 Å². The number of fused-ring (bicyclic) bond motifs is 1. The zero-order chi connectivity index (χ0) is 20.4. The van der Waals surface area contributed by atoms with Crippen LogP contribution in [0.15, 0.2) is 78.0 Å². The van der Waals surface area contributed by atoms with E-state index in [4.69, 9.17) is 9.47 Å². The van der Waals surface area contributed by atoms with Gasteiger partial charge in [0.2, 0.25) is 0 Å². The summed E-state index contributed by atoms with van der Waals surface area (Å²) in [6, 6.07) is 19.3. The number of aromatic nitrogens is 2. The van der Waals surface area contributed by atoms with Gasteiger partial charge in [0.1, 0.15) is 6.33 Å². The minimum absolute atomic E-state index is 0.0774. The molecule has 1 aromatic heterocycles. The van der Waals surface area contributed by atoms with Crippen molar-refractivity contribution in [1.82, 2.24) is 9.55 Å². The Morgan fingerprint density at radius 3 is 2.48 bits per heavy atom. The molecule has 0 fully saturated rings. The first-order valence-electron chi connectivity index (χ1n) is 8.79. The third-order valence-electron chi connectivity index (χ3n) is 4.50. The highest BCUT2D eigenvalue weighted by molar-refractivity contribution is 7.92. The van der Waals surface area contributed by atoms with Gasteiger partial charge in [-0.15, -0.1) is 0 Å². The fourth-order valence-electron chi connectivity index (χ4n) is 3.08. The van der Waals surface area contributed by atoms with Gasteiger partial charge < -0.3 is 9.47 Å². The van der Waals surface area contributed by atoms with E-state index in [0.29, 0.717) is 17.2 Å². The van der Waals surface area contributed by atoms with Crippen molar-refractivity contribution in [3.8, 4) is 17.2 Å². The summed E-state index contributed by atoms with van der Waals surface area (Å²) in [4.78, 5) is 4.46. The molecule has 1 N–H and O–H groups in total. The summed E-state index contributed by atoms with van der Waals surface area (Å²) in [6.45, 7) is 0. The molecule has 0 bridgehead atoms. The van der Waals surface area contributed by atoms with E-state index in [1.54, 1.807) is 30.6 Å². The lowest BCUT2D eigenvalue weighted by Gasteiger charge is -2.12. The summed E-state index contributed by atoms with van der Waals surface area (Å²) in [6.07, 6.45) is 1.71. The summed E-state index contributed by atoms with van der Waals surface area (Å²) >= 11 is 0. The van der Waals surface area contributed by atoms with Gasteiger partial charge in [-0.1, -0.05) is 18.2 Å². The second-order valence-corrected chi connectivity index (χ2v) is 7.96. The van der Waals surface area contributed by atoms with Gasteiger partial charge in [-0.05, 0) is 42.5 Å². The van der Waals surface area contributed by atoms with Gasteiger partial charge in [0, 0.05) is 11.8 Å². The fraction of sp³-hybridized carbons (Fsp3) is 0.0952. The molecule has 0 aliphatic carbocycles. The number of nitrogens with zero attached hydrogens (tertiary/aromatic N) is 2. The number of nitrogens with one attached hydrogen (secondary N) is 1. The van der Waals surface area contributed by atoms with E-state index >= 15 is 0 Å². The summed E-state index contributed by atoms with van der Waals surface area (Å²) in [5.41, 5.74) is 3.04. The highest BCUT2D eigenvalue weighted by atomic mass is 32.2. The van der Waals surface area contributed by atoms with Gasteiger partial charge in [0.15, 0.2) is 11.5 Å². The predicted octanol–water partition coefficient (Wildman–Crippen LogP) is 3.84. The van der Waals surface area contributed by atoms with Crippen molar-refractivity contribution in [3.05, 3.63) is 73.1 Å². The maximum Gasteiger partial charge on any atom is 0.262 e. The van der Waals surface area contributed by atoms with E-state index < -0.39 is 10.0 Å². The van der Waals surface area contributed by atoms with Crippen molar-refractivity contribution in [1.29, 1.82) is 0 Å². The molecule has 1 heterocycles. The minimum atomic E-state index is -3.81. The molecule has 148 valence electrons. The van der Waals surface area contributed by atoms with Crippen LogP contribution in [0.1, 0.15) is 0 Å². The maximum atomic E-state index is 12.9. The van der Waals surface area contributed by atoms with Gasteiger partial charge in [0.05, 0.1) is 35.8 Å². The first-order valence-corrected chi connectivity index (χ1v) is 10.3. The number of ether oxygens (including phenoxy) is 2. The number of imidazole rings is 1. The molecule has 7 nitrogen and oxygen atoms in total. The summed E-state index contributed by atoms with van der Waals surface area (Å²) in [7, 11) is -0.855. The first-order chi connectivity index (χ1) is 14.0. The highest BCUT2D eigenvalue weighted by Gasteiger charge is 2.17. The summed E-state index contributed by atoms with van der Waals surface area (Å²) < 4.78 is 40.6. The van der Waals surface area contributed by atoms with Gasteiger partial charge in [-0.2, -0.15) is 0 Å². The van der Waals surface area contributed by atoms with E-state index in [1.807, 2.05) is 34.9 Å². The largest absolute Gasteiger partial charge is 0.493 e. The van der Waals surface area contributed by atoms with Gasteiger partial charge in [-0.3, -0.25) is 9.29 Å². The Kier molecular flexibility index (Phi) is 4.85. The number of benzene rings is 3. The standard InChI is InChI=1S/C21H19N3O4S/c1-27-20-11-10-17(13-21(20)28-2)29(25,26)23-15-6-5-7-16(12-15)24-14-22-18-8-3-4-9-19(18)24/h3-14,23H,1-2H3. The van der Waals surface area contributed by atoms with Crippen LogP contribution in [0.2, 0.25) is 0 Å². The van der Waals surface area contributed by atoms with Crippen molar-refractivity contribution < 1.29 is 17.9 Å². The molecule has 4 aromatic rings. The molecule has 0 aliphatic rings. The van der Waals surface area contributed by atoms with Crippen LogP contribution in [0.25, 0.3) is 16.7 Å². The van der Waals surface area contributed by atoms with Crippen molar-refractivity contribution in [3.63, 3.8) is 0 Å². The van der Waals surface area contributed by atoms with Gasteiger partial charge in [-0.25, -0.2) is 13.4 Å². The number of rotatable bonds is 6. The smallest absolute Gasteiger partial charge is 0.262 e. The van der Waals surface area contributed by atoms with Crippen LogP contribution >= 0.6 is 0 Å². The average molecular weight is 409 g/mol. The van der Waals surface area contributed by atoms with Crippen molar-refractivity contribution in [2.75, 3.05) is 18.9 Å². The molecule has 0 amide bonds. The average Bonchev–Trinajstić information content (AvgIpc) is 3.17. The topological polar surface area (TPSA) is 82.5 Å². The van der Waals surface area contributed by atoms with E-state index in [-0.39, 0.29) is 4.90 Å². The number of hydrogen-bond donors (Lipinski definition) is 1. The lowest BCUT2D eigenvalue weighted by atomic mass is 10.2. The Balaban J connectivity index is 1.67.